The van der Waals surface area contributed by atoms with Gasteiger partial charge in [0, 0.05) is 11.9 Å². The first-order valence-corrected chi connectivity index (χ1v) is 3.87. The molecule has 0 unspecified atom stereocenters. The van der Waals surface area contributed by atoms with Gasteiger partial charge in [-0.15, -0.1) is 0 Å². The molecule has 0 fully saturated rings. The molecule has 1 rings (SSSR count). The molecule has 0 amide bonds. The Labute approximate surface area is 77.0 Å². The maximum absolute atomic E-state index is 5.54. The Balaban J connectivity index is 2.76. The van der Waals surface area contributed by atoms with Crippen molar-refractivity contribution in [2.45, 2.75) is 6.92 Å². The molecule has 4 nitrogen and oxygen atoms in total. The minimum atomic E-state index is 0.464. The van der Waals surface area contributed by atoms with Crippen LogP contribution in [0.15, 0.2) is 40.8 Å². The summed E-state index contributed by atoms with van der Waals surface area (Å²) in [6.45, 7) is 1.72. The number of pyridine rings is 1. The average Bonchev–Trinajstić information content (AvgIpc) is 2.15. The van der Waals surface area contributed by atoms with Crippen molar-refractivity contribution < 1.29 is 0 Å². The standard InChI is InChI=1S/C9H12N4/c1-7(10)8(11)6-13-9-4-2-3-5-12-9/h2-6H,10-11H2,1H3. The summed E-state index contributed by atoms with van der Waals surface area (Å²) in [5, 5.41) is 0. The van der Waals surface area contributed by atoms with E-state index >= 15 is 0 Å². The lowest BCUT2D eigenvalue weighted by molar-refractivity contribution is 1.23. The third kappa shape index (κ3) is 2.94. The van der Waals surface area contributed by atoms with Gasteiger partial charge in [-0.05, 0) is 19.1 Å². The first-order chi connectivity index (χ1) is 6.20. The van der Waals surface area contributed by atoms with E-state index in [4.69, 9.17) is 11.5 Å². The van der Waals surface area contributed by atoms with Crippen LogP contribution in [0.2, 0.25) is 0 Å². The number of nitrogens with zero attached hydrogens (tertiary/aromatic N) is 2. The number of nitrogens with two attached hydrogens (primary N) is 2. The summed E-state index contributed by atoms with van der Waals surface area (Å²) in [5.41, 5.74) is 12.0. The Bertz CT molecular complexity index is 323. The zero-order chi connectivity index (χ0) is 9.68. The molecule has 4 N–H and O–H groups in total. The zero-order valence-corrected chi connectivity index (χ0v) is 7.44. The first kappa shape index (κ1) is 9.25. The monoisotopic (exact) mass is 176 g/mol. The molecule has 0 saturated heterocycles. The van der Waals surface area contributed by atoms with E-state index in [0.717, 1.165) is 0 Å². The quantitative estimate of drug-likeness (QED) is 0.658. The van der Waals surface area contributed by atoms with Crippen molar-refractivity contribution >= 4 is 12.0 Å². The molecule has 1 heterocycles. The minimum absolute atomic E-state index is 0.464. The fraction of sp³-hybridized carbons (Fsp3) is 0.111. The van der Waals surface area contributed by atoms with Gasteiger partial charge in [-0.3, -0.25) is 0 Å². The van der Waals surface area contributed by atoms with E-state index in [1.54, 1.807) is 19.2 Å². The molecule has 0 radical (unpaired) electrons. The summed E-state index contributed by atoms with van der Waals surface area (Å²) in [5.74, 6) is 0.617. The summed E-state index contributed by atoms with van der Waals surface area (Å²) in [7, 11) is 0. The van der Waals surface area contributed by atoms with Gasteiger partial charge < -0.3 is 11.5 Å². The Morgan fingerprint density at radius 3 is 2.77 bits per heavy atom. The summed E-state index contributed by atoms with van der Waals surface area (Å²) in [4.78, 5) is 8.02. The lowest BCUT2D eigenvalue weighted by atomic mass is 10.4. The normalized spacial score (nSPS) is 13.0. The van der Waals surface area contributed by atoms with Gasteiger partial charge in [0.1, 0.15) is 0 Å². The highest BCUT2D eigenvalue weighted by atomic mass is 14.9. The molecule has 0 aliphatic rings. The molecule has 0 aliphatic heterocycles. The molecular formula is C9H12N4. The van der Waals surface area contributed by atoms with Crippen LogP contribution in [-0.2, 0) is 0 Å². The zero-order valence-electron chi connectivity index (χ0n) is 7.44. The first-order valence-electron chi connectivity index (χ1n) is 3.87. The van der Waals surface area contributed by atoms with E-state index in [1.165, 1.54) is 6.21 Å². The van der Waals surface area contributed by atoms with Gasteiger partial charge in [0.05, 0.1) is 11.9 Å². The van der Waals surface area contributed by atoms with Crippen molar-refractivity contribution in [3.05, 3.63) is 35.8 Å². The van der Waals surface area contributed by atoms with Crippen molar-refractivity contribution in [3.63, 3.8) is 0 Å². The number of allylic oxidation sites excluding steroid dienone is 2. The molecule has 0 saturated carbocycles. The highest BCUT2D eigenvalue weighted by molar-refractivity contribution is 5.80. The van der Waals surface area contributed by atoms with Crippen LogP contribution >= 0.6 is 0 Å². The van der Waals surface area contributed by atoms with E-state index in [2.05, 4.69) is 9.98 Å². The lowest BCUT2D eigenvalue weighted by Crippen LogP contribution is -2.07. The van der Waals surface area contributed by atoms with Gasteiger partial charge in [0.15, 0.2) is 5.82 Å². The van der Waals surface area contributed by atoms with E-state index in [1.807, 2.05) is 12.1 Å². The second kappa shape index (κ2) is 4.25. The van der Waals surface area contributed by atoms with Crippen molar-refractivity contribution in [1.29, 1.82) is 0 Å². The molecule has 0 spiro atoms. The maximum atomic E-state index is 5.54. The summed E-state index contributed by atoms with van der Waals surface area (Å²) in [6.07, 6.45) is 3.17. The van der Waals surface area contributed by atoms with Crippen LogP contribution in [-0.4, -0.2) is 11.2 Å². The highest BCUT2D eigenvalue weighted by Crippen LogP contribution is 2.03. The molecule has 0 atom stereocenters. The Morgan fingerprint density at radius 1 is 1.46 bits per heavy atom. The van der Waals surface area contributed by atoms with Crippen LogP contribution in [0.4, 0.5) is 5.82 Å². The molecule has 0 aliphatic carbocycles. The lowest BCUT2D eigenvalue weighted by Gasteiger charge is -1.94. The van der Waals surface area contributed by atoms with Crippen LogP contribution in [0.3, 0.4) is 0 Å². The number of aromatic nitrogens is 1. The van der Waals surface area contributed by atoms with Gasteiger partial charge in [0.2, 0.25) is 0 Å². The van der Waals surface area contributed by atoms with Crippen LogP contribution < -0.4 is 11.5 Å². The largest absolute Gasteiger partial charge is 0.401 e. The molecular weight excluding hydrogens is 164 g/mol. The molecule has 0 bridgehead atoms. The van der Waals surface area contributed by atoms with Gasteiger partial charge >= 0.3 is 0 Å². The van der Waals surface area contributed by atoms with Crippen LogP contribution in [0.1, 0.15) is 6.92 Å². The number of rotatable bonds is 2. The Hall–Kier alpha value is -1.84. The summed E-state index contributed by atoms with van der Waals surface area (Å²) < 4.78 is 0. The summed E-state index contributed by atoms with van der Waals surface area (Å²) >= 11 is 0. The van der Waals surface area contributed by atoms with Crippen molar-refractivity contribution in [2.24, 2.45) is 16.5 Å². The van der Waals surface area contributed by atoms with E-state index in [-0.39, 0.29) is 0 Å². The molecule has 4 heteroatoms. The second-order valence-electron chi connectivity index (χ2n) is 2.58. The van der Waals surface area contributed by atoms with Gasteiger partial charge in [-0.2, -0.15) is 0 Å². The molecule has 68 valence electrons. The van der Waals surface area contributed by atoms with Crippen LogP contribution in [0.5, 0.6) is 0 Å². The Kier molecular flexibility index (Phi) is 3.03. The third-order valence-electron chi connectivity index (χ3n) is 1.44. The molecule has 0 aromatic carbocycles. The van der Waals surface area contributed by atoms with Gasteiger partial charge in [-0.1, -0.05) is 6.07 Å². The maximum Gasteiger partial charge on any atom is 0.151 e. The van der Waals surface area contributed by atoms with Crippen molar-refractivity contribution in [1.82, 2.24) is 4.98 Å². The van der Waals surface area contributed by atoms with Gasteiger partial charge in [0.25, 0.3) is 0 Å². The van der Waals surface area contributed by atoms with Crippen molar-refractivity contribution in [3.8, 4) is 0 Å². The van der Waals surface area contributed by atoms with Gasteiger partial charge in [-0.25, -0.2) is 9.98 Å². The number of aliphatic imine (C=N–C) groups is 1. The molecule has 1 aromatic rings. The fourth-order valence-electron chi connectivity index (χ4n) is 0.668. The molecule has 1 aromatic heterocycles. The van der Waals surface area contributed by atoms with E-state index in [9.17, 15) is 0 Å². The average molecular weight is 176 g/mol. The Morgan fingerprint density at radius 2 is 2.23 bits per heavy atom. The second-order valence-corrected chi connectivity index (χ2v) is 2.58. The predicted molar refractivity (Wildman–Crippen MR) is 53.5 cm³/mol. The van der Waals surface area contributed by atoms with E-state index in [0.29, 0.717) is 17.2 Å². The number of hydrogen-bond acceptors (Lipinski definition) is 4. The van der Waals surface area contributed by atoms with Crippen LogP contribution in [0, 0.1) is 0 Å². The highest BCUT2D eigenvalue weighted by Gasteiger charge is 1.89. The summed E-state index contributed by atoms with van der Waals surface area (Å²) in [6, 6.07) is 5.47. The third-order valence-corrected chi connectivity index (χ3v) is 1.44. The van der Waals surface area contributed by atoms with Crippen molar-refractivity contribution in [2.75, 3.05) is 0 Å². The SMILES string of the molecule is CC(N)=C(N)C=Nc1ccccn1. The predicted octanol–water partition coefficient (Wildman–Crippen LogP) is 0.933. The fourth-order valence-corrected chi connectivity index (χ4v) is 0.668. The van der Waals surface area contributed by atoms with Crippen LogP contribution in [0.25, 0.3) is 0 Å². The smallest absolute Gasteiger partial charge is 0.151 e. The number of hydrogen-bond donors (Lipinski definition) is 2. The minimum Gasteiger partial charge on any atom is -0.401 e. The topological polar surface area (TPSA) is 77.3 Å². The van der Waals surface area contributed by atoms with E-state index < -0.39 is 0 Å². The molecule has 13 heavy (non-hydrogen) atoms.